The van der Waals surface area contributed by atoms with Crippen LogP contribution in [-0.4, -0.2) is 25.7 Å². The van der Waals surface area contributed by atoms with Crippen LogP contribution in [-0.2, 0) is 4.74 Å². The molecule has 0 aliphatic heterocycles. The quantitative estimate of drug-likeness (QED) is 0.451. The molecule has 0 saturated heterocycles. The summed E-state index contributed by atoms with van der Waals surface area (Å²) in [5.74, 6) is -2.76. The largest absolute Gasteiger partial charge is 0.398 e. The van der Waals surface area contributed by atoms with Gasteiger partial charge in [0, 0.05) is 18.3 Å². The summed E-state index contributed by atoms with van der Waals surface area (Å²) in [4.78, 5) is 11.7. The standard InChI is InChI=1S/C13H16F2N2O2/c1-2-3-5-19-6-4-17-13(18)9-7-10(14)11(15)8-12(9)16/h2,7-8H,1,3-6,16H2,(H,17,18). The third kappa shape index (κ3) is 4.67. The first-order chi connectivity index (χ1) is 9.06. The van der Waals surface area contributed by atoms with Gasteiger partial charge in [-0.25, -0.2) is 8.78 Å². The number of halogens is 2. The predicted molar refractivity (Wildman–Crippen MR) is 68.7 cm³/mol. The Morgan fingerprint density at radius 1 is 1.37 bits per heavy atom. The number of amides is 1. The lowest BCUT2D eigenvalue weighted by Crippen LogP contribution is -2.28. The fraction of sp³-hybridized carbons (Fsp3) is 0.308. The normalized spacial score (nSPS) is 10.2. The molecule has 0 bridgehead atoms. The molecule has 0 spiro atoms. The average Bonchev–Trinajstić information content (AvgIpc) is 2.37. The highest BCUT2D eigenvalue weighted by Crippen LogP contribution is 2.16. The number of hydrogen-bond acceptors (Lipinski definition) is 3. The van der Waals surface area contributed by atoms with Crippen molar-refractivity contribution in [3.63, 3.8) is 0 Å². The third-order valence-corrected chi connectivity index (χ3v) is 2.34. The Morgan fingerprint density at radius 3 is 2.74 bits per heavy atom. The monoisotopic (exact) mass is 270 g/mol. The molecule has 0 aliphatic rings. The van der Waals surface area contributed by atoms with Gasteiger partial charge in [0.1, 0.15) is 0 Å². The van der Waals surface area contributed by atoms with Gasteiger partial charge in [0.15, 0.2) is 11.6 Å². The minimum atomic E-state index is -1.11. The maximum atomic E-state index is 13.0. The molecule has 6 heteroatoms. The van der Waals surface area contributed by atoms with Crippen LogP contribution in [0.5, 0.6) is 0 Å². The fourth-order valence-electron chi connectivity index (χ4n) is 1.36. The van der Waals surface area contributed by atoms with Crippen LogP contribution in [0.3, 0.4) is 0 Å². The Balaban J connectivity index is 2.45. The highest BCUT2D eigenvalue weighted by molar-refractivity contribution is 5.99. The Labute approximate surface area is 110 Å². The Morgan fingerprint density at radius 2 is 2.05 bits per heavy atom. The number of carbonyl (C=O) groups is 1. The van der Waals surface area contributed by atoms with Crippen molar-refractivity contribution in [2.75, 3.05) is 25.5 Å². The molecule has 0 radical (unpaired) electrons. The highest BCUT2D eigenvalue weighted by atomic mass is 19.2. The zero-order valence-corrected chi connectivity index (χ0v) is 10.4. The number of ether oxygens (including phenoxy) is 1. The second-order valence-electron chi connectivity index (χ2n) is 3.80. The van der Waals surface area contributed by atoms with Crippen molar-refractivity contribution in [2.45, 2.75) is 6.42 Å². The minimum absolute atomic E-state index is 0.0926. The van der Waals surface area contributed by atoms with Crippen molar-refractivity contribution in [2.24, 2.45) is 0 Å². The van der Waals surface area contributed by atoms with Gasteiger partial charge in [0.25, 0.3) is 5.91 Å². The van der Waals surface area contributed by atoms with Crippen LogP contribution in [0.4, 0.5) is 14.5 Å². The number of nitrogen functional groups attached to an aromatic ring is 1. The van der Waals surface area contributed by atoms with Crippen LogP contribution in [0.1, 0.15) is 16.8 Å². The molecule has 3 N–H and O–H groups in total. The van der Waals surface area contributed by atoms with E-state index in [0.29, 0.717) is 13.2 Å². The number of nitrogens with two attached hydrogens (primary N) is 1. The molecule has 104 valence electrons. The van der Waals surface area contributed by atoms with Gasteiger partial charge in [-0.1, -0.05) is 6.08 Å². The van der Waals surface area contributed by atoms with Gasteiger partial charge in [0.05, 0.1) is 18.8 Å². The third-order valence-electron chi connectivity index (χ3n) is 2.34. The average molecular weight is 270 g/mol. The Kier molecular flexibility index (Phi) is 5.95. The molecule has 1 aromatic carbocycles. The lowest BCUT2D eigenvalue weighted by molar-refractivity contribution is 0.0918. The van der Waals surface area contributed by atoms with E-state index in [9.17, 15) is 13.6 Å². The fourth-order valence-corrected chi connectivity index (χ4v) is 1.36. The predicted octanol–water partition coefficient (Wildman–Crippen LogP) is 1.87. The molecule has 0 atom stereocenters. The van der Waals surface area contributed by atoms with Gasteiger partial charge in [-0.3, -0.25) is 4.79 Å². The molecule has 19 heavy (non-hydrogen) atoms. The highest BCUT2D eigenvalue weighted by Gasteiger charge is 2.13. The van der Waals surface area contributed by atoms with Gasteiger partial charge in [-0.15, -0.1) is 6.58 Å². The van der Waals surface area contributed by atoms with Crippen molar-refractivity contribution < 1.29 is 18.3 Å². The molecule has 4 nitrogen and oxygen atoms in total. The zero-order chi connectivity index (χ0) is 14.3. The van der Waals surface area contributed by atoms with Gasteiger partial charge in [0.2, 0.25) is 0 Å². The summed E-state index contributed by atoms with van der Waals surface area (Å²) in [6, 6.07) is 1.56. The molecule has 1 aromatic rings. The van der Waals surface area contributed by atoms with Gasteiger partial charge >= 0.3 is 0 Å². The summed E-state index contributed by atoms with van der Waals surface area (Å²) in [6.45, 7) is 4.64. The lowest BCUT2D eigenvalue weighted by Gasteiger charge is -2.08. The number of hydrogen-bond donors (Lipinski definition) is 2. The van der Waals surface area contributed by atoms with Crippen molar-refractivity contribution >= 4 is 11.6 Å². The van der Waals surface area contributed by atoms with E-state index in [-0.39, 0.29) is 17.8 Å². The first-order valence-electron chi connectivity index (χ1n) is 5.77. The van der Waals surface area contributed by atoms with Crippen molar-refractivity contribution in [3.8, 4) is 0 Å². The SMILES string of the molecule is C=CCCOCCNC(=O)c1cc(F)c(F)cc1N. The van der Waals surface area contributed by atoms with Crippen molar-refractivity contribution in [1.29, 1.82) is 0 Å². The molecule has 0 aliphatic carbocycles. The molecular formula is C13H16F2N2O2. The van der Waals surface area contributed by atoms with E-state index >= 15 is 0 Å². The minimum Gasteiger partial charge on any atom is -0.398 e. The van der Waals surface area contributed by atoms with E-state index in [4.69, 9.17) is 10.5 Å². The van der Waals surface area contributed by atoms with Crippen LogP contribution < -0.4 is 11.1 Å². The van der Waals surface area contributed by atoms with Crippen LogP contribution in [0.2, 0.25) is 0 Å². The van der Waals surface area contributed by atoms with Gasteiger partial charge in [-0.2, -0.15) is 0 Å². The molecule has 0 saturated carbocycles. The number of nitrogens with one attached hydrogen (secondary N) is 1. The molecular weight excluding hydrogens is 254 g/mol. The maximum absolute atomic E-state index is 13.0. The van der Waals surface area contributed by atoms with Crippen molar-refractivity contribution in [3.05, 3.63) is 42.0 Å². The van der Waals surface area contributed by atoms with Crippen LogP contribution in [0.15, 0.2) is 24.8 Å². The first-order valence-corrected chi connectivity index (χ1v) is 5.77. The van der Waals surface area contributed by atoms with Crippen LogP contribution >= 0.6 is 0 Å². The summed E-state index contributed by atoms with van der Waals surface area (Å²) < 4.78 is 31.0. The topological polar surface area (TPSA) is 64.3 Å². The zero-order valence-electron chi connectivity index (χ0n) is 10.4. The van der Waals surface area contributed by atoms with Crippen LogP contribution in [0, 0.1) is 11.6 Å². The molecule has 0 fully saturated rings. The molecule has 0 unspecified atom stereocenters. The lowest BCUT2D eigenvalue weighted by atomic mass is 10.1. The smallest absolute Gasteiger partial charge is 0.253 e. The van der Waals surface area contributed by atoms with E-state index in [1.165, 1.54) is 0 Å². The summed E-state index contributed by atoms with van der Waals surface area (Å²) in [6.07, 6.45) is 2.45. The molecule has 1 amide bonds. The van der Waals surface area contributed by atoms with E-state index in [0.717, 1.165) is 18.6 Å². The van der Waals surface area contributed by atoms with E-state index < -0.39 is 17.5 Å². The molecule has 1 rings (SSSR count). The van der Waals surface area contributed by atoms with E-state index in [1.54, 1.807) is 6.08 Å². The second-order valence-corrected chi connectivity index (χ2v) is 3.80. The van der Waals surface area contributed by atoms with Crippen molar-refractivity contribution in [1.82, 2.24) is 5.32 Å². The summed E-state index contributed by atoms with van der Waals surface area (Å²) >= 11 is 0. The first kappa shape index (κ1) is 15.1. The summed E-state index contributed by atoms with van der Waals surface area (Å²) in [5.41, 5.74) is 5.25. The summed E-state index contributed by atoms with van der Waals surface area (Å²) in [7, 11) is 0. The Hall–Kier alpha value is -1.95. The van der Waals surface area contributed by atoms with E-state index in [1.807, 2.05) is 0 Å². The number of carbonyl (C=O) groups excluding carboxylic acids is 1. The van der Waals surface area contributed by atoms with Crippen LogP contribution in [0.25, 0.3) is 0 Å². The van der Waals surface area contributed by atoms with E-state index in [2.05, 4.69) is 11.9 Å². The Bertz CT molecular complexity index is 464. The maximum Gasteiger partial charge on any atom is 0.253 e. The second kappa shape index (κ2) is 7.48. The number of benzene rings is 1. The molecule has 0 heterocycles. The van der Waals surface area contributed by atoms with Gasteiger partial charge < -0.3 is 15.8 Å². The van der Waals surface area contributed by atoms with Gasteiger partial charge in [-0.05, 0) is 12.5 Å². The number of rotatable bonds is 7. The summed E-state index contributed by atoms with van der Waals surface area (Å²) in [5, 5.41) is 2.50. The molecule has 0 aromatic heterocycles. The number of anilines is 1.